The highest BCUT2D eigenvalue weighted by molar-refractivity contribution is 6.05. The van der Waals surface area contributed by atoms with Gasteiger partial charge >= 0.3 is 0 Å². The molecule has 1 unspecified atom stereocenters. The summed E-state index contributed by atoms with van der Waals surface area (Å²) in [7, 11) is 1.87. The van der Waals surface area contributed by atoms with E-state index in [1.807, 2.05) is 30.1 Å². The van der Waals surface area contributed by atoms with Crippen LogP contribution in [0.1, 0.15) is 5.56 Å². The molecule has 1 saturated heterocycles. The van der Waals surface area contributed by atoms with Crippen LogP contribution < -0.4 is 0 Å². The average molecular weight is 261 g/mol. The van der Waals surface area contributed by atoms with Crippen LogP contribution in [0.25, 0.3) is 0 Å². The zero-order valence-corrected chi connectivity index (χ0v) is 10.6. The van der Waals surface area contributed by atoms with Crippen molar-refractivity contribution in [1.29, 1.82) is 0 Å². The predicted molar refractivity (Wildman–Crippen MR) is 68.1 cm³/mol. The quantitative estimate of drug-likeness (QED) is 0.810. The van der Waals surface area contributed by atoms with Gasteiger partial charge in [0.2, 0.25) is 5.60 Å². The Morgan fingerprint density at radius 1 is 1.42 bits per heavy atom. The zero-order chi connectivity index (χ0) is 13.5. The molecular weight excluding hydrogens is 246 g/mol. The third kappa shape index (κ3) is 1.72. The number of amides is 1. The molecule has 1 fully saturated rings. The largest absolute Gasteiger partial charge is 0.440 e. The highest BCUT2D eigenvalue weighted by atomic mass is 16.6. The number of aliphatic hydroxyl groups excluding tert-OH is 1. The molecule has 2 heterocycles. The van der Waals surface area contributed by atoms with Crippen molar-refractivity contribution in [2.75, 3.05) is 27.0 Å². The molecule has 0 bridgehead atoms. The summed E-state index contributed by atoms with van der Waals surface area (Å²) in [4.78, 5) is 20.1. The van der Waals surface area contributed by atoms with E-state index in [9.17, 15) is 9.90 Å². The Morgan fingerprint density at radius 2 is 2.16 bits per heavy atom. The maximum Gasteiger partial charge on any atom is 0.298 e. The lowest BCUT2D eigenvalue weighted by Gasteiger charge is -2.25. The number of rotatable bonds is 2. The molecule has 1 N–H and O–H groups in total. The first-order valence-electron chi connectivity index (χ1n) is 6.08. The number of hydrogen-bond donors (Lipinski definition) is 1. The van der Waals surface area contributed by atoms with Crippen molar-refractivity contribution < 1.29 is 14.6 Å². The summed E-state index contributed by atoms with van der Waals surface area (Å²) in [5.74, 6) is -0.272. The van der Waals surface area contributed by atoms with Gasteiger partial charge in [-0.1, -0.05) is 30.3 Å². The van der Waals surface area contributed by atoms with Gasteiger partial charge < -0.3 is 9.84 Å². The Kier molecular flexibility index (Phi) is 2.76. The van der Waals surface area contributed by atoms with Crippen LogP contribution in [0.2, 0.25) is 0 Å². The standard InChI is InChI=1S/C13H15N3O3/c1-15-8-14-12-16(9-15)11(18)13(7-17,19-12)10-5-3-2-4-6-10/h2-6,17H,7-9H2,1H3. The van der Waals surface area contributed by atoms with Crippen molar-refractivity contribution in [3.8, 4) is 0 Å². The Bertz CT molecular complexity index is 531. The van der Waals surface area contributed by atoms with Crippen LogP contribution >= 0.6 is 0 Å². The Morgan fingerprint density at radius 3 is 2.84 bits per heavy atom. The molecule has 0 saturated carbocycles. The summed E-state index contributed by atoms with van der Waals surface area (Å²) in [6, 6.07) is 9.32. The first-order chi connectivity index (χ1) is 9.17. The molecule has 100 valence electrons. The van der Waals surface area contributed by atoms with E-state index in [0.29, 0.717) is 24.9 Å². The topological polar surface area (TPSA) is 65.4 Å². The number of aliphatic imine (C=N–C) groups is 1. The number of benzene rings is 1. The monoisotopic (exact) mass is 261 g/mol. The summed E-state index contributed by atoms with van der Waals surface area (Å²) in [6.07, 6.45) is 0. The van der Waals surface area contributed by atoms with Gasteiger partial charge in [0.15, 0.2) is 0 Å². The van der Waals surface area contributed by atoms with E-state index in [-0.39, 0.29) is 5.91 Å². The first-order valence-corrected chi connectivity index (χ1v) is 6.08. The molecule has 3 rings (SSSR count). The van der Waals surface area contributed by atoms with Crippen molar-refractivity contribution in [1.82, 2.24) is 9.80 Å². The van der Waals surface area contributed by atoms with Gasteiger partial charge in [-0.05, 0) is 7.05 Å². The molecular formula is C13H15N3O3. The lowest BCUT2D eigenvalue weighted by Crippen LogP contribution is -2.46. The van der Waals surface area contributed by atoms with Gasteiger partial charge in [-0.2, -0.15) is 0 Å². The predicted octanol–water partition coefficient (Wildman–Crippen LogP) is -0.0506. The van der Waals surface area contributed by atoms with Gasteiger partial charge in [0.25, 0.3) is 11.9 Å². The van der Waals surface area contributed by atoms with Gasteiger partial charge in [0.1, 0.15) is 0 Å². The average Bonchev–Trinajstić information content (AvgIpc) is 2.74. The van der Waals surface area contributed by atoms with Crippen molar-refractivity contribution in [2.24, 2.45) is 4.99 Å². The number of carbonyl (C=O) groups excluding carboxylic acids is 1. The van der Waals surface area contributed by atoms with Crippen molar-refractivity contribution in [2.45, 2.75) is 5.60 Å². The van der Waals surface area contributed by atoms with E-state index in [2.05, 4.69) is 4.99 Å². The molecule has 1 aromatic rings. The second kappa shape index (κ2) is 4.32. The van der Waals surface area contributed by atoms with E-state index in [4.69, 9.17) is 4.74 Å². The van der Waals surface area contributed by atoms with Crippen molar-refractivity contribution in [3.63, 3.8) is 0 Å². The lowest BCUT2D eigenvalue weighted by atomic mass is 9.94. The van der Waals surface area contributed by atoms with Gasteiger partial charge in [0.05, 0.1) is 19.9 Å². The van der Waals surface area contributed by atoms with E-state index < -0.39 is 12.2 Å². The van der Waals surface area contributed by atoms with Gasteiger partial charge in [-0.3, -0.25) is 9.69 Å². The molecule has 0 aliphatic carbocycles. The molecule has 1 amide bonds. The normalized spacial score (nSPS) is 26.9. The maximum atomic E-state index is 12.6. The molecule has 0 aromatic heterocycles. The summed E-state index contributed by atoms with van der Waals surface area (Å²) in [6.45, 7) is 0.497. The minimum Gasteiger partial charge on any atom is -0.440 e. The number of ether oxygens (including phenoxy) is 1. The molecule has 2 aliphatic rings. The van der Waals surface area contributed by atoms with E-state index in [1.54, 1.807) is 12.1 Å². The third-order valence-electron chi connectivity index (χ3n) is 3.38. The minimum atomic E-state index is -1.36. The highest BCUT2D eigenvalue weighted by Gasteiger charge is 2.54. The Balaban J connectivity index is 2.03. The summed E-state index contributed by atoms with van der Waals surface area (Å²) >= 11 is 0. The second-order valence-corrected chi connectivity index (χ2v) is 4.77. The van der Waals surface area contributed by atoms with Crippen molar-refractivity contribution in [3.05, 3.63) is 35.9 Å². The van der Waals surface area contributed by atoms with E-state index in [1.165, 1.54) is 4.90 Å². The summed E-state index contributed by atoms with van der Waals surface area (Å²) in [5, 5.41) is 9.71. The van der Waals surface area contributed by atoms with Gasteiger partial charge in [0, 0.05) is 5.56 Å². The Hall–Kier alpha value is -1.92. The summed E-state index contributed by atoms with van der Waals surface area (Å²) < 4.78 is 5.70. The molecule has 6 nitrogen and oxygen atoms in total. The third-order valence-corrected chi connectivity index (χ3v) is 3.38. The number of hydrogen-bond acceptors (Lipinski definition) is 5. The highest BCUT2D eigenvalue weighted by Crippen LogP contribution is 2.35. The number of fused-ring (bicyclic) bond motifs is 1. The van der Waals surface area contributed by atoms with Gasteiger partial charge in [-0.25, -0.2) is 9.89 Å². The molecule has 19 heavy (non-hydrogen) atoms. The molecule has 1 atom stereocenters. The molecule has 0 spiro atoms. The minimum absolute atomic E-state index is 0.272. The first kappa shape index (κ1) is 12.1. The number of nitrogens with zero attached hydrogens (tertiary/aromatic N) is 3. The fourth-order valence-corrected chi connectivity index (χ4v) is 2.35. The number of carbonyl (C=O) groups is 1. The van der Waals surface area contributed by atoms with Crippen molar-refractivity contribution >= 4 is 11.9 Å². The van der Waals surface area contributed by atoms with E-state index in [0.717, 1.165) is 0 Å². The smallest absolute Gasteiger partial charge is 0.298 e. The fourth-order valence-electron chi connectivity index (χ4n) is 2.35. The lowest BCUT2D eigenvalue weighted by molar-refractivity contribution is -0.141. The molecule has 0 radical (unpaired) electrons. The van der Waals surface area contributed by atoms with Crippen LogP contribution in [-0.2, 0) is 15.1 Å². The number of amidine groups is 1. The number of aliphatic hydroxyl groups is 1. The molecule has 2 aliphatic heterocycles. The van der Waals surface area contributed by atoms with Crippen LogP contribution in [0.15, 0.2) is 35.3 Å². The van der Waals surface area contributed by atoms with Crippen LogP contribution in [0.4, 0.5) is 0 Å². The van der Waals surface area contributed by atoms with Crippen LogP contribution in [0.5, 0.6) is 0 Å². The van der Waals surface area contributed by atoms with E-state index >= 15 is 0 Å². The zero-order valence-electron chi connectivity index (χ0n) is 10.6. The molecule has 1 aromatic carbocycles. The molecule has 6 heteroatoms. The SMILES string of the molecule is CN1CN=C2OC(CO)(c3ccccc3)C(=O)N2C1. The second-order valence-electron chi connectivity index (χ2n) is 4.77. The summed E-state index contributed by atoms with van der Waals surface area (Å²) in [5.41, 5.74) is -0.715. The maximum absolute atomic E-state index is 12.6. The van der Waals surface area contributed by atoms with Crippen LogP contribution in [0.3, 0.4) is 0 Å². The van der Waals surface area contributed by atoms with Gasteiger partial charge in [-0.15, -0.1) is 0 Å². The Labute approximate surface area is 110 Å². The van der Waals surface area contributed by atoms with Crippen LogP contribution in [-0.4, -0.2) is 53.8 Å². The fraction of sp³-hybridized carbons (Fsp3) is 0.385. The van der Waals surface area contributed by atoms with Crippen LogP contribution in [0, 0.1) is 0 Å².